The Balaban J connectivity index is 2.08. The highest BCUT2D eigenvalue weighted by Gasteiger charge is 2.13. The molecule has 0 saturated carbocycles. The number of aromatic nitrogens is 4. The SMILES string of the molecule is CCCNn1cnc(C=c2[nH]c(=O)c(=Cc3ccccc3)[nH]c2=O)c1C(C)C. The van der Waals surface area contributed by atoms with Gasteiger partial charge in [0.25, 0.3) is 11.1 Å². The van der Waals surface area contributed by atoms with Gasteiger partial charge in [0, 0.05) is 6.54 Å². The number of imidazole rings is 1. The lowest BCUT2D eigenvalue weighted by molar-refractivity contribution is 0.713. The van der Waals surface area contributed by atoms with E-state index in [9.17, 15) is 9.59 Å². The number of nitrogens with one attached hydrogen (secondary N) is 3. The molecule has 3 aromatic rings. The second-order valence-corrected chi connectivity index (χ2v) is 6.88. The molecule has 0 bridgehead atoms. The van der Waals surface area contributed by atoms with E-state index in [0.717, 1.165) is 24.2 Å². The quantitative estimate of drug-likeness (QED) is 0.595. The first-order valence-electron chi connectivity index (χ1n) is 9.41. The van der Waals surface area contributed by atoms with Gasteiger partial charge < -0.3 is 15.4 Å². The molecule has 0 aliphatic carbocycles. The summed E-state index contributed by atoms with van der Waals surface area (Å²) in [5, 5.41) is 0.394. The molecule has 146 valence electrons. The highest BCUT2D eigenvalue weighted by molar-refractivity contribution is 5.49. The summed E-state index contributed by atoms with van der Waals surface area (Å²) < 4.78 is 1.88. The molecule has 3 N–H and O–H groups in total. The number of rotatable bonds is 6. The molecule has 3 rings (SSSR count). The summed E-state index contributed by atoms with van der Waals surface area (Å²) in [6.07, 6.45) is 5.95. The van der Waals surface area contributed by atoms with Gasteiger partial charge in [0.1, 0.15) is 17.0 Å². The number of H-pyrrole nitrogens is 2. The molecule has 0 aliphatic rings. The highest BCUT2D eigenvalue weighted by Crippen LogP contribution is 2.18. The molecule has 7 nitrogen and oxygen atoms in total. The van der Waals surface area contributed by atoms with Gasteiger partial charge in [-0.1, -0.05) is 51.1 Å². The van der Waals surface area contributed by atoms with E-state index >= 15 is 0 Å². The number of benzene rings is 1. The molecule has 0 atom stereocenters. The smallest absolute Gasteiger partial charge is 0.272 e. The fraction of sp³-hybridized carbons (Fsp3) is 0.286. The van der Waals surface area contributed by atoms with Crippen LogP contribution in [0.15, 0.2) is 46.2 Å². The summed E-state index contributed by atoms with van der Waals surface area (Å²) in [6, 6.07) is 9.36. The van der Waals surface area contributed by atoms with Gasteiger partial charge in [-0.3, -0.25) is 14.3 Å². The first kappa shape index (κ1) is 19.4. The van der Waals surface area contributed by atoms with Crippen molar-refractivity contribution in [2.24, 2.45) is 0 Å². The van der Waals surface area contributed by atoms with Crippen LogP contribution in [0.2, 0.25) is 0 Å². The van der Waals surface area contributed by atoms with Crippen molar-refractivity contribution in [1.82, 2.24) is 19.6 Å². The normalized spacial score (nSPS) is 12.7. The predicted molar refractivity (Wildman–Crippen MR) is 111 cm³/mol. The van der Waals surface area contributed by atoms with Gasteiger partial charge in [-0.05, 0) is 30.1 Å². The van der Waals surface area contributed by atoms with Crippen LogP contribution in [0.25, 0.3) is 12.2 Å². The number of aromatic amines is 2. The van der Waals surface area contributed by atoms with E-state index in [1.54, 1.807) is 18.5 Å². The van der Waals surface area contributed by atoms with Crippen molar-refractivity contribution < 1.29 is 0 Å². The van der Waals surface area contributed by atoms with Crippen LogP contribution in [0.3, 0.4) is 0 Å². The molecule has 28 heavy (non-hydrogen) atoms. The average Bonchev–Trinajstić information content (AvgIpc) is 3.07. The summed E-state index contributed by atoms with van der Waals surface area (Å²) in [7, 11) is 0. The Kier molecular flexibility index (Phi) is 5.93. The van der Waals surface area contributed by atoms with Gasteiger partial charge in [-0.2, -0.15) is 0 Å². The molecule has 2 aromatic heterocycles. The summed E-state index contributed by atoms with van der Waals surface area (Å²) in [5.41, 5.74) is 5.00. The maximum Gasteiger partial charge on any atom is 0.272 e. The summed E-state index contributed by atoms with van der Waals surface area (Å²) >= 11 is 0. The monoisotopic (exact) mass is 379 g/mol. The van der Waals surface area contributed by atoms with E-state index in [1.807, 2.05) is 35.0 Å². The number of nitrogens with zero attached hydrogens (tertiary/aromatic N) is 2. The standard InChI is InChI=1S/C21H25N5O2/c1-4-10-23-26-13-22-16(19(26)14(2)3)12-18-21(28)24-17(20(27)25-18)11-15-8-6-5-7-9-15/h5-9,11-14,23H,4,10H2,1-3H3,(H,24,28)(H,25,27). The predicted octanol–water partition coefficient (Wildman–Crippen LogP) is 0.994. The van der Waals surface area contributed by atoms with Crippen LogP contribution in [-0.4, -0.2) is 26.2 Å². The minimum Gasteiger partial charge on any atom is -0.325 e. The molecule has 0 amide bonds. The Bertz CT molecular complexity index is 1170. The molecule has 1 aromatic carbocycles. The minimum absolute atomic E-state index is 0.179. The van der Waals surface area contributed by atoms with Crippen LogP contribution < -0.4 is 27.2 Å². The van der Waals surface area contributed by atoms with Crippen LogP contribution >= 0.6 is 0 Å². The third-order valence-corrected chi connectivity index (χ3v) is 4.29. The van der Waals surface area contributed by atoms with Gasteiger partial charge in [0.05, 0.1) is 11.4 Å². The van der Waals surface area contributed by atoms with Gasteiger partial charge in [-0.25, -0.2) is 4.98 Å². The lowest BCUT2D eigenvalue weighted by Gasteiger charge is -2.13. The maximum absolute atomic E-state index is 12.5. The van der Waals surface area contributed by atoms with Gasteiger partial charge in [0.2, 0.25) is 0 Å². The first-order chi connectivity index (χ1) is 13.5. The molecule has 0 unspecified atom stereocenters. The molecular formula is C21H25N5O2. The van der Waals surface area contributed by atoms with E-state index in [4.69, 9.17) is 0 Å². The molecule has 0 spiro atoms. The summed E-state index contributed by atoms with van der Waals surface area (Å²) in [5.74, 6) is 0.189. The van der Waals surface area contributed by atoms with Crippen molar-refractivity contribution in [3.05, 3.63) is 85.0 Å². The van der Waals surface area contributed by atoms with E-state index < -0.39 is 0 Å². The lowest BCUT2D eigenvalue weighted by atomic mass is 10.1. The topological polar surface area (TPSA) is 95.6 Å². The second-order valence-electron chi connectivity index (χ2n) is 6.88. The molecule has 0 radical (unpaired) electrons. The van der Waals surface area contributed by atoms with Crippen LogP contribution in [0.4, 0.5) is 0 Å². The average molecular weight is 379 g/mol. The molecule has 0 fully saturated rings. The van der Waals surface area contributed by atoms with Crippen LogP contribution in [-0.2, 0) is 0 Å². The van der Waals surface area contributed by atoms with Crippen molar-refractivity contribution in [1.29, 1.82) is 0 Å². The highest BCUT2D eigenvalue weighted by atomic mass is 16.1. The van der Waals surface area contributed by atoms with Crippen molar-refractivity contribution >= 4 is 12.2 Å². The van der Waals surface area contributed by atoms with Crippen molar-refractivity contribution in [2.75, 3.05) is 12.0 Å². The molecular weight excluding hydrogens is 354 g/mol. The summed E-state index contributed by atoms with van der Waals surface area (Å²) in [6.45, 7) is 7.02. The molecule has 0 saturated heterocycles. The number of hydrogen-bond donors (Lipinski definition) is 3. The van der Waals surface area contributed by atoms with Crippen LogP contribution in [0.5, 0.6) is 0 Å². The van der Waals surface area contributed by atoms with E-state index in [2.05, 4.69) is 41.1 Å². The third-order valence-electron chi connectivity index (χ3n) is 4.29. The Morgan fingerprint density at radius 3 is 2.32 bits per heavy atom. The fourth-order valence-corrected chi connectivity index (χ4v) is 2.96. The maximum atomic E-state index is 12.5. The molecule has 0 aliphatic heterocycles. The van der Waals surface area contributed by atoms with Gasteiger partial charge in [0.15, 0.2) is 0 Å². The number of hydrogen-bond acceptors (Lipinski definition) is 4. The molecule has 2 heterocycles. The molecule has 7 heteroatoms. The fourth-order valence-electron chi connectivity index (χ4n) is 2.96. The minimum atomic E-state index is -0.368. The van der Waals surface area contributed by atoms with Gasteiger partial charge in [-0.15, -0.1) is 0 Å². The Hall–Kier alpha value is -3.35. The third kappa shape index (κ3) is 4.31. The zero-order valence-corrected chi connectivity index (χ0v) is 16.3. The lowest BCUT2D eigenvalue weighted by Crippen LogP contribution is -2.46. The van der Waals surface area contributed by atoms with Crippen LogP contribution in [0, 0.1) is 0 Å². The van der Waals surface area contributed by atoms with Crippen molar-refractivity contribution in [3.63, 3.8) is 0 Å². The Labute approximate surface area is 162 Å². The Morgan fingerprint density at radius 1 is 1.07 bits per heavy atom. The van der Waals surface area contributed by atoms with E-state index in [-0.39, 0.29) is 27.7 Å². The van der Waals surface area contributed by atoms with E-state index in [0.29, 0.717) is 5.69 Å². The largest absolute Gasteiger partial charge is 0.325 e. The second kappa shape index (κ2) is 8.56. The van der Waals surface area contributed by atoms with E-state index in [1.165, 1.54) is 0 Å². The summed E-state index contributed by atoms with van der Waals surface area (Å²) in [4.78, 5) is 34.7. The van der Waals surface area contributed by atoms with Crippen molar-refractivity contribution in [3.8, 4) is 0 Å². The zero-order chi connectivity index (χ0) is 20.1. The zero-order valence-electron chi connectivity index (χ0n) is 16.3. The van der Waals surface area contributed by atoms with Gasteiger partial charge >= 0.3 is 0 Å². The first-order valence-corrected chi connectivity index (χ1v) is 9.41. The Morgan fingerprint density at radius 2 is 1.71 bits per heavy atom. The van der Waals surface area contributed by atoms with Crippen LogP contribution in [0.1, 0.15) is 50.1 Å². The van der Waals surface area contributed by atoms with Crippen molar-refractivity contribution in [2.45, 2.75) is 33.1 Å².